The Bertz CT molecular complexity index is 997. The molecular weight excluding hydrogens is 430 g/mol. The van der Waals surface area contributed by atoms with E-state index in [-0.39, 0.29) is 11.8 Å². The molecule has 0 amide bonds. The van der Waals surface area contributed by atoms with E-state index in [1.54, 1.807) is 30.3 Å². The van der Waals surface area contributed by atoms with Crippen molar-refractivity contribution < 1.29 is 13.9 Å². The summed E-state index contributed by atoms with van der Waals surface area (Å²) in [6.45, 7) is 0. The number of benzene rings is 2. The van der Waals surface area contributed by atoms with E-state index in [9.17, 15) is 4.39 Å². The number of hydrogen-bond acceptors (Lipinski definition) is 6. The summed E-state index contributed by atoms with van der Waals surface area (Å²) in [5.74, 6) is 0.326. The number of anilines is 4. The van der Waals surface area contributed by atoms with Gasteiger partial charge in [-0.15, -0.1) is 0 Å². The molecule has 2 aromatic carbocycles. The van der Waals surface area contributed by atoms with Crippen molar-refractivity contribution in [1.29, 1.82) is 0 Å². The fourth-order valence-corrected chi connectivity index (χ4v) is 3.25. The molecule has 3 aromatic rings. The Hall–Kier alpha value is -2.48. The summed E-state index contributed by atoms with van der Waals surface area (Å²) in [5.41, 5.74) is 1.05. The molecule has 0 saturated carbocycles. The van der Waals surface area contributed by atoms with Crippen LogP contribution < -0.4 is 20.1 Å². The second kappa shape index (κ2) is 8.68. The third kappa shape index (κ3) is 4.49. The third-order valence-corrected chi connectivity index (χ3v) is 4.47. The van der Waals surface area contributed by atoms with Crippen molar-refractivity contribution in [2.24, 2.45) is 0 Å². The highest BCUT2D eigenvalue weighted by atomic mass is 35.5. The van der Waals surface area contributed by atoms with Crippen LogP contribution in [0.5, 0.6) is 11.5 Å². The molecule has 1 heterocycles. The second-order valence-corrected chi connectivity index (χ2v) is 6.68. The summed E-state index contributed by atoms with van der Waals surface area (Å²) in [5, 5.41) is 6.77. The maximum absolute atomic E-state index is 14.1. The van der Waals surface area contributed by atoms with Crippen molar-refractivity contribution in [2.45, 2.75) is 0 Å². The molecular formula is C18H14Cl3FN4O2. The van der Waals surface area contributed by atoms with Crippen LogP contribution in [0.15, 0.2) is 36.5 Å². The van der Waals surface area contributed by atoms with Crippen molar-refractivity contribution >= 4 is 57.9 Å². The summed E-state index contributed by atoms with van der Waals surface area (Å²) >= 11 is 18.3. The van der Waals surface area contributed by atoms with Crippen LogP contribution >= 0.6 is 34.8 Å². The standard InChI is InChI=1S/C18H14Cl3FN4O2/c1-27-15-4-3-9(5-11(15)19)24-17-14(22)8-23-18(26-17)25-10-6-12(20)16(28-2)13(21)7-10/h3-8H,1-2H3,(H2,23,24,25,26). The average molecular weight is 444 g/mol. The van der Waals surface area contributed by atoms with Gasteiger partial charge in [0.05, 0.1) is 35.5 Å². The van der Waals surface area contributed by atoms with Gasteiger partial charge in [-0.25, -0.2) is 9.37 Å². The van der Waals surface area contributed by atoms with E-state index >= 15 is 0 Å². The molecule has 2 N–H and O–H groups in total. The van der Waals surface area contributed by atoms with Crippen LogP contribution in [0.1, 0.15) is 0 Å². The smallest absolute Gasteiger partial charge is 0.229 e. The fraction of sp³-hybridized carbons (Fsp3) is 0.111. The Balaban J connectivity index is 1.85. The number of hydrogen-bond donors (Lipinski definition) is 2. The summed E-state index contributed by atoms with van der Waals surface area (Å²) in [7, 11) is 2.97. The molecule has 1 aromatic heterocycles. The molecule has 146 valence electrons. The van der Waals surface area contributed by atoms with Crippen molar-refractivity contribution in [3.05, 3.63) is 57.4 Å². The van der Waals surface area contributed by atoms with Gasteiger partial charge in [-0.3, -0.25) is 0 Å². The highest BCUT2D eigenvalue weighted by Gasteiger charge is 2.12. The van der Waals surface area contributed by atoms with Gasteiger partial charge in [-0.1, -0.05) is 34.8 Å². The molecule has 0 saturated heterocycles. The summed E-state index contributed by atoms with van der Waals surface area (Å²) < 4.78 is 24.3. The van der Waals surface area contributed by atoms with Crippen LogP contribution in [0.25, 0.3) is 0 Å². The molecule has 0 spiro atoms. The molecule has 0 aliphatic rings. The average Bonchev–Trinajstić information content (AvgIpc) is 2.64. The Labute approximate surface area is 175 Å². The molecule has 0 fully saturated rings. The maximum Gasteiger partial charge on any atom is 0.229 e. The van der Waals surface area contributed by atoms with Gasteiger partial charge in [0, 0.05) is 11.4 Å². The molecule has 0 aliphatic carbocycles. The van der Waals surface area contributed by atoms with E-state index in [4.69, 9.17) is 44.3 Å². The number of nitrogens with zero attached hydrogens (tertiary/aromatic N) is 2. The molecule has 0 radical (unpaired) electrons. The van der Waals surface area contributed by atoms with E-state index in [1.807, 2.05) is 0 Å². The number of rotatable bonds is 6. The molecule has 3 rings (SSSR count). The van der Waals surface area contributed by atoms with Crippen LogP contribution in [0, 0.1) is 5.82 Å². The lowest BCUT2D eigenvalue weighted by Crippen LogP contribution is -2.03. The van der Waals surface area contributed by atoms with Crippen LogP contribution in [0.3, 0.4) is 0 Å². The first kappa shape index (κ1) is 20.3. The van der Waals surface area contributed by atoms with Gasteiger partial charge in [-0.2, -0.15) is 4.98 Å². The van der Waals surface area contributed by atoms with Crippen molar-refractivity contribution in [1.82, 2.24) is 9.97 Å². The minimum Gasteiger partial charge on any atom is -0.495 e. The van der Waals surface area contributed by atoms with E-state index in [1.165, 1.54) is 14.2 Å². The van der Waals surface area contributed by atoms with Crippen molar-refractivity contribution in [3.8, 4) is 11.5 Å². The van der Waals surface area contributed by atoms with Gasteiger partial charge in [0.15, 0.2) is 17.4 Å². The molecule has 10 heteroatoms. The highest BCUT2D eigenvalue weighted by Crippen LogP contribution is 2.36. The van der Waals surface area contributed by atoms with E-state index in [0.29, 0.717) is 37.9 Å². The zero-order chi connectivity index (χ0) is 20.3. The Morgan fingerprint density at radius 2 is 1.57 bits per heavy atom. The number of nitrogens with one attached hydrogen (secondary N) is 2. The summed E-state index contributed by atoms with van der Waals surface area (Å²) in [6.07, 6.45) is 1.04. The molecule has 0 unspecified atom stereocenters. The minimum atomic E-state index is -0.636. The first-order valence-corrected chi connectivity index (χ1v) is 8.97. The third-order valence-electron chi connectivity index (χ3n) is 3.62. The minimum absolute atomic E-state index is 0.0376. The van der Waals surface area contributed by atoms with E-state index < -0.39 is 5.82 Å². The van der Waals surface area contributed by atoms with Gasteiger partial charge in [0.2, 0.25) is 5.95 Å². The zero-order valence-electron chi connectivity index (χ0n) is 14.7. The first-order chi connectivity index (χ1) is 13.4. The second-order valence-electron chi connectivity index (χ2n) is 5.46. The monoisotopic (exact) mass is 442 g/mol. The SMILES string of the molecule is COc1ccc(Nc2nc(Nc3cc(Cl)c(OC)c(Cl)c3)ncc2F)cc1Cl. The van der Waals surface area contributed by atoms with Gasteiger partial charge in [0.25, 0.3) is 0 Å². The van der Waals surface area contributed by atoms with Gasteiger partial charge >= 0.3 is 0 Å². The summed E-state index contributed by atoms with van der Waals surface area (Å²) in [6, 6.07) is 8.12. The fourth-order valence-electron chi connectivity index (χ4n) is 2.35. The zero-order valence-corrected chi connectivity index (χ0v) is 17.0. The lowest BCUT2D eigenvalue weighted by molar-refractivity contribution is 0.415. The first-order valence-electron chi connectivity index (χ1n) is 7.84. The van der Waals surface area contributed by atoms with Gasteiger partial charge < -0.3 is 20.1 Å². The van der Waals surface area contributed by atoms with Crippen LogP contribution in [0.2, 0.25) is 15.1 Å². The summed E-state index contributed by atoms with van der Waals surface area (Å²) in [4.78, 5) is 8.06. The molecule has 6 nitrogen and oxygen atoms in total. The van der Waals surface area contributed by atoms with Crippen LogP contribution in [-0.2, 0) is 0 Å². The predicted octanol–water partition coefficient (Wildman–Crippen LogP) is 6.08. The Morgan fingerprint density at radius 1 is 0.893 bits per heavy atom. The molecule has 28 heavy (non-hydrogen) atoms. The predicted molar refractivity (Wildman–Crippen MR) is 110 cm³/mol. The molecule has 0 atom stereocenters. The lowest BCUT2D eigenvalue weighted by atomic mass is 10.3. The normalized spacial score (nSPS) is 10.5. The molecule has 0 bridgehead atoms. The Kier molecular flexibility index (Phi) is 6.28. The van der Waals surface area contributed by atoms with Gasteiger partial charge in [0.1, 0.15) is 5.75 Å². The number of ether oxygens (including phenoxy) is 2. The van der Waals surface area contributed by atoms with Crippen molar-refractivity contribution in [2.75, 3.05) is 24.9 Å². The number of halogens is 4. The highest BCUT2D eigenvalue weighted by molar-refractivity contribution is 6.37. The van der Waals surface area contributed by atoms with Gasteiger partial charge in [-0.05, 0) is 30.3 Å². The quantitative estimate of drug-likeness (QED) is 0.481. The van der Waals surface area contributed by atoms with Crippen LogP contribution in [-0.4, -0.2) is 24.2 Å². The van der Waals surface area contributed by atoms with E-state index in [2.05, 4.69) is 20.6 Å². The van der Waals surface area contributed by atoms with Crippen molar-refractivity contribution in [3.63, 3.8) is 0 Å². The Morgan fingerprint density at radius 3 is 2.18 bits per heavy atom. The topological polar surface area (TPSA) is 68.3 Å². The number of methoxy groups -OCH3 is 2. The lowest BCUT2D eigenvalue weighted by Gasteiger charge is -2.12. The largest absolute Gasteiger partial charge is 0.495 e. The number of aromatic nitrogens is 2. The molecule has 0 aliphatic heterocycles. The maximum atomic E-state index is 14.1. The van der Waals surface area contributed by atoms with Crippen LogP contribution in [0.4, 0.5) is 27.5 Å². The van der Waals surface area contributed by atoms with E-state index in [0.717, 1.165) is 6.20 Å².